The van der Waals surface area contributed by atoms with Crippen molar-refractivity contribution in [3.05, 3.63) is 194 Å². The van der Waals surface area contributed by atoms with Gasteiger partial charge in [0.1, 0.15) is 0 Å². The predicted octanol–water partition coefficient (Wildman–Crippen LogP) is 15.5. The molecule has 0 N–H and O–H groups in total. The van der Waals surface area contributed by atoms with Crippen molar-refractivity contribution in [3.8, 4) is 39.9 Å². The first-order valence-electron chi connectivity index (χ1n) is 21.0. The molecule has 3 heterocycles. The highest BCUT2D eigenvalue weighted by atomic mass is 32.1. The maximum atomic E-state index is 5.41. The molecule has 0 saturated heterocycles. The molecule has 0 aliphatic carbocycles. The Bertz CT molecular complexity index is 4060. The standard InChI is InChI=1S/C57H32N4S/c1-3-12-37-28-40(24-20-33(37)10-1)55-58-56(41-25-21-34-11-2-4-13-38(34)29-41)60-57(59-55)47-32-42(31-46-43-16-6-8-19-50(43)62-54(46)47)61-48-18-7-5-17-44(48)53-45-27-26-36-15-9-14-35-22-23-39(30-49(53)61)52(45)51(35)36/h1-32H. The number of aromatic nitrogens is 4. The van der Waals surface area contributed by atoms with Crippen LogP contribution in [0.3, 0.4) is 0 Å². The van der Waals surface area contributed by atoms with Crippen molar-refractivity contribution in [3.63, 3.8) is 0 Å². The van der Waals surface area contributed by atoms with Crippen LogP contribution in [-0.4, -0.2) is 19.5 Å². The molecule has 62 heavy (non-hydrogen) atoms. The van der Waals surface area contributed by atoms with Crippen LogP contribution in [0.15, 0.2) is 194 Å². The third-order valence-electron chi connectivity index (χ3n) is 12.9. The van der Waals surface area contributed by atoms with Gasteiger partial charge in [-0.05, 0) is 96.3 Å². The number of thiophene rings is 1. The summed E-state index contributed by atoms with van der Waals surface area (Å²) in [5.74, 6) is 1.93. The maximum absolute atomic E-state index is 5.41. The molecular formula is C57H32N4S. The summed E-state index contributed by atoms with van der Waals surface area (Å²) in [6.07, 6.45) is 0. The summed E-state index contributed by atoms with van der Waals surface area (Å²) in [4.78, 5) is 16.0. The van der Waals surface area contributed by atoms with Crippen LogP contribution in [0.25, 0.3) is 136 Å². The van der Waals surface area contributed by atoms with E-state index in [9.17, 15) is 0 Å². The molecule has 0 amide bonds. The fourth-order valence-corrected chi connectivity index (χ4v) is 11.3. The van der Waals surface area contributed by atoms with Crippen molar-refractivity contribution >= 4 is 107 Å². The lowest BCUT2D eigenvalue weighted by atomic mass is 9.92. The minimum Gasteiger partial charge on any atom is -0.309 e. The lowest BCUT2D eigenvalue weighted by Gasteiger charge is -2.15. The average Bonchev–Trinajstić information content (AvgIpc) is 3.88. The van der Waals surface area contributed by atoms with E-state index in [1.54, 1.807) is 11.3 Å². The zero-order chi connectivity index (χ0) is 40.5. The Morgan fingerprint density at radius 1 is 0.339 bits per heavy atom. The minimum absolute atomic E-state index is 0.643. The van der Waals surface area contributed by atoms with Crippen LogP contribution in [0.1, 0.15) is 0 Å². The zero-order valence-electron chi connectivity index (χ0n) is 33.2. The summed E-state index contributed by atoms with van der Waals surface area (Å²) < 4.78 is 4.84. The number of hydrogen-bond acceptors (Lipinski definition) is 4. The quantitative estimate of drug-likeness (QED) is 0.166. The number of para-hydroxylation sites is 1. The Balaban J connectivity index is 1.08. The molecule has 0 bridgehead atoms. The maximum Gasteiger partial charge on any atom is 0.165 e. The third-order valence-corrected chi connectivity index (χ3v) is 14.1. The number of nitrogens with zero attached hydrogens (tertiary/aromatic N) is 4. The molecule has 5 heteroatoms. The van der Waals surface area contributed by atoms with Crippen molar-refractivity contribution in [2.24, 2.45) is 0 Å². The van der Waals surface area contributed by atoms with Gasteiger partial charge in [-0.3, -0.25) is 0 Å². The molecule has 11 aromatic carbocycles. The van der Waals surface area contributed by atoms with E-state index in [-0.39, 0.29) is 0 Å². The Labute approximate surface area is 358 Å². The summed E-state index contributed by atoms with van der Waals surface area (Å²) >= 11 is 1.80. The minimum atomic E-state index is 0.643. The summed E-state index contributed by atoms with van der Waals surface area (Å²) in [6, 6.07) is 70.4. The highest BCUT2D eigenvalue weighted by Crippen LogP contribution is 2.46. The highest BCUT2D eigenvalue weighted by Gasteiger charge is 2.23. The summed E-state index contributed by atoms with van der Waals surface area (Å²) in [5, 5.41) is 17.2. The highest BCUT2D eigenvalue weighted by molar-refractivity contribution is 7.26. The molecule has 286 valence electrons. The van der Waals surface area contributed by atoms with Gasteiger partial charge in [0.05, 0.1) is 11.0 Å². The van der Waals surface area contributed by atoms with Gasteiger partial charge in [-0.15, -0.1) is 11.3 Å². The first kappa shape index (κ1) is 33.8. The topological polar surface area (TPSA) is 43.6 Å². The van der Waals surface area contributed by atoms with Crippen molar-refractivity contribution in [2.75, 3.05) is 0 Å². The molecule has 0 aliphatic heterocycles. The molecule has 0 radical (unpaired) electrons. The molecular weight excluding hydrogens is 773 g/mol. The smallest absolute Gasteiger partial charge is 0.165 e. The predicted molar refractivity (Wildman–Crippen MR) is 262 cm³/mol. The molecule has 0 spiro atoms. The molecule has 4 nitrogen and oxygen atoms in total. The fourth-order valence-electron chi connectivity index (χ4n) is 10.1. The zero-order valence-corrected chi connectivity index (χ0v) is 34.0. The second-order valence-corrected chi connectivity index (χ2v) is 17.4. The Morgan fingerprint density at radius 2 is 0.919 bits per heavy atom. The van der Waals surface area contributed by atoms with Crippen molar-refractivity contribution in [2.45, 2.75) is 0 Å². The monoisotopic (exact) mass is 804 g/mol. The normalized spacial score (nSPS) is 12.2. The lowest BCUT2D eigenvalue weighted by Crippen LogP contribution is -2.01. The summed E-state index contributed by atoms with van der Waals surface area (Å²) in [7, 11) is 0. The molecule has 0 atom stereocenters. The van der Waals surface area contributed by atoms with E-state index < -0.39 is 0 Å². The molecule has 0 unspecified atom stereocenters. The first-order valence-corrected chi connectivity index (χ1v) is 21.8. The fraction of sp³-hybridized carbons (Fsp3) is 0. The van der Waals surface area contributed by atoms with Crippen LogP contribution in [0.4, 0.5) is 0 Å². The van der Waals surface area contributed by atoms with Crippen molar-refractivity contribution < 1.29 is 0 Å². The summed E-state index contributed by atoms with van der Waals surface area (Å²) in [6.45, 7) is 0. The number of rotatable bonds is 4. The van der Waals surface area contributed by atoms with Crippen LogP contribution >= 0.6 is 11.3 Å². The second kappa shape index (κ2) is 12.8. The average molecular weight is 805 g/mol. The molecule has 14 rings (SSSR count). The van der Waals surface area contributed by atoms with Crippen LogP contribution in [0.2, 0.25) is 0 Å². The molecule has 3 aromatic heterocycles. The molecule has 0 aliphatic rings. The third kappa shape index (κ3) is 4.91. The largest absolute Gasteiger partial charge is 0.309 e. The van der Waals surface area contributed by atoms with Crippen molar-refractivity contribution in [1.29, 1.82) is 0 Å². The SMILES string of the molecule is c1ccc2cc(-c3nc(-c4ccc5ccccc5c4)nc(-c4cc(-n5c6ccccc6c6c7ccc8cccc9ccc(cc65)c7c98)cc5c4sc4ccccc45)n3)ccc2c1. The van der Waals surface area contributed by atoms with E-state index in [1.807, 2.05) is 0 Å². The van der Waals surface area contributed by atoms with Gasteiger partial charge in [-0.2, -0.15) is 0 Å². The lowest BCUT2D eigenvalue weighted by molar-refractivity contribution is 1.08. The molecule has 14 aromatic rings. The van der Waals surface area contributed by atoms with Gasteiger partial charge in [0.25, 0.3) is 0 Å². The van der Waals surface area contributed by atoms with Gasteiger partial charge >= 0.3 is 0 Å². The van der Waals surface area contributed by atoms with E-state index in [1.165, 1.54) is 74.9 Å². The molecule has 0 saturated carbocycles. The number of benzene rings is 11. The van der Waals surface area contributed by atoms with Crippen molar-refractivity contribution in [1.82, 2.24) is 19.5 Å². The van der Waals surface area contributed by atoms with E-state index in [4.69, 9.17) is 15.0 Å². The van der Waals surface area contributed by atoms with Crippen LogP contribution in [-0.2, 0) is 0 Å². The van der Waals surface area contributed by atoms with Gasteiger partial charge in [-0.1, -0.05) is 152 Å². The Morgan fingerprint density at radius 3 is 1.66 bits per heavy atom. The van der Waals surface area contributed by atoms with Gasteiger partial charge in [-0.25, -0.2) is 15.0 Å². The van der Waals surface area contributed by atoms with Crippen LogP contribution < -0.4 is 0 Å². The first-order chi connectivity index (χ1) is 30.7. The van der Waals surface area contributed by atoms with Crippen LogP contribution in [0.5, 0.6) is 0 Å². The van der Waals surface area contributed by atoms with E-state index in [0.29, 0.717) is 17.5 Å². The van der Waals surface area contributed by atoms with E-state index in [0.717, 1.165) is 43.4 Å². The van der Waals surface area contributed by atoms with Crippen LogP contribution in [0, 0.1) is 0 Å². The second-order valence-electron chi connectivity index (χ2n) is 16.4. The van der Waals surface area contributed by atoms with Gasteiger partial charge in [0, 0.05) is 53.3 Å². The number of fused-ring (bicyclic) bond motifs is 9. The van der Waals surface area contributed by atoms with Gasteiger partial charge < -0.3 is 4.57 Å². The number of hydrogen-bond donors (Lipinski definition) is 0. The summed E-state index contributed by atoms with van der Waals surface area (Å²) in [5.41, 5.74) is 6.27. The van der Waals surface area contributed by atoms with Gasteiger partial charge in [0.15, 0.2) is 17.5 Å². The van der Waals surface area contributed by atoms with E-state index >= 15 is 0 Å². The Kier molecular flexibility index (Phi) is 6.96. The Hall–Kier alpha value is -7.99. The van der Waals surface area contributed by atoms with E-state index in [2.05, 4.69) is 199 Å². The van der Waals surface area contributed by atoms with Gasteiger partial charge in [0.2, 0.25) is 0 Å². The molecule has 0 fully saturated rings.